The van der Waals surface area contributed by atoms with Crippen molar-refractivity contribution in [1.82, 2.24) is 0 Å². The zero-order valence-electron chi connectivity index (χ0n) is 14.4. The molecule has 26 heavy (non-hydrogen) atoms. The summed E-state index contributed by atoms with van der Waals surface area (Å²) in [7, 11) is -3.42. The van der Waals surface area contributed by atoms with Crippen molar-refractivity contribution in [2.75, 3.05) is 42.1 Å². The van der Waals surface area contributed by atoms with Gasteiger partial charge in [-0.05, 0) is 47.9 Å². The maximum absolute atomic E-state index is 12.9. The standard InChI is InChI=1S/C19H21ClN2O3S/c20-17-3-1-15(2-4-17)14-26(23,24)22-8-7-16-13-18(5-6-19(16)22)21-9-11-25-12-10-21/h1-6,13H,7-12,14H2. The molecular weight excluding hydrogens is 372 g/mol. The first-order valence-electron chi connectivity index (χ1n) is 8.73. The lowest BCUT2D eigenvalue weighted by molar-refractivity contribution is 0.122. The van der Waals surface area contributed by atoms with Crippen molar-refractivity contribution < 1.29 is 13.2 Å². The molecule has 2 aromatic carbocycles. The average molecular weight is 393 g/mol. The lowest BCUT2D eigenvalue weighted by Crippen LogP contribution is -2.36. The van der Waals surface area contributed by atoms with Crippen LogP contribution in [0.3, 0.4) is 0 Å². The van der Waals surface area contributed by atoms with Gasteiger partial charge < -0.3 is 9.64 Å². The first-order chi connectivity index (χ1) is 12.5. The fourth-order valence-corrected chi connectivity index (χ4v) is 5.28. The van der Waals surface area contributed by atoms with E-state index in [0.29, 0.717) is 11.6 Å². The minimum Gasteiger partial charge on any atom is -0.378 e. The van der Waals surface area contributed by atoms with Crippen molar-refractivity contribution in [3.05, 3.63) is 58.6 Å². The van der Waals surface area contributed by atoms with Gasteiger partial charge in [0.1, 0.15) is 0 Å². The Hall–Kier alpha value is -1.76. The predicted octanol–water partition coefficient (Wildman–Crippen LogP) is 3.07. The van der Waals surface area contributed by atoms with E-state index in [1.807, 2.05) is 12.1 Å². The number of anilines is 2. The molecule has 0 aliphatic carbocycles. The third-order valence-corrected chi connectivity index (χ3v) is 6.89. The summed E-state index contributed by atoms with van der Waals surface area (Å²) in [5, 5.41) is 0.605. The lowest BCUT2D eigenvalue weighted by Gasteiger charge is -2.29. The Morgan fingerprint density at radius 2 is 1.73 bits per heavy atom. The van der Waals surface area contributed by atoms with Crippen LogP contribution >= 0.6 is 11.6 Å². The average Bonchev–Trinajstić information content (AvgIpc) is 3.08. The predicted molar refractivity (Wildman–Crippen MR) is 105 cm³/mol. The van der Waals surface area contributed by atoms with E-state index in [0.717, 1.165) is 55.2 Å². The van der Waals surface area contributed by atoms with E-state index in [2.05, 4.69) is 11.0 Å². The topological polar surface area (TPSA) is 49.9 Å². The highest BCUT2D eigenvalue weighted by atomic mass is 35.5. The third-order valence-electron chi connectivity index (χ3n) is 4.89. The Bertz CT molecular complexity index is 894. The molecule has 0 aromatic heterocycles. The number of halogens is 1. The molecule has 0 N–H and O–H groups in total. The molecule has 0 amide bonds. The number of ether oxygens (including phenoxy) is 1. The maximum Gasteiger partial charge on any atom is 0.239 e. The molecule has 0 saturated carbocycles. The highest BCUT2D eigenvalue weighted by Crippen LogP contribution is 2.34. The Kier molecular flexibility index (Phi) is 4.82. The van der Waals surface area contributed by atoms with Gasteiger partial charge in [-0.3, -0.25) is 4.31 Å². The van der Waals surface area contributed by atoms with Crippen LogP contribution in [0.4, 0.5) is 11.4 Å². The molecule has 2 aliphatic rings. The number of rotatable bonds is 4. The van der Waals surface area contributed by atoms with Crippen LogP contribution in [0.2, 0.25) is 5.02 Å². The number of sulfonamides is 1. The summed E-state index contributed by atoms with van der Waals surface area (Å²) in [6, 6.07) is 13.0. The zero-order chi connectivity index (χ0) is 18.1. The van der Waals surface area contributed by atoms with Crippen LogP contribution in [-0.2, 0) is 26.9 Å². The second-order valence-corrected chi connectivity index (χ2v) is 8.95. The van der Waals surface area contributed by atoms with Crippen LogP contribution in [0, 0.1) is 0 Å². The first-order valence-corrected chi connectivity index (χ1v) is 10.7. The van der Waals surface area contributed by atoms with Crippen LogP contribution in [0.5, 0.6) is 0 Å². The van der Waals surface area contributed by atoms with Gasteiger partial charge in [0, 0.05) is 30.3 Å². The van der Waals surface area contributed by atoms with Gasteiger partial charge in [-0.15, -0.1) is 0 Å². The molecule has 1 fully saturated rings. The van der Waals surface area contributed by atoms with E-state index in [-0.39, 0.29) is 5.75 Å². The summed E-state index contributed by atoms with van der Waals surface area (Å²) in [6.45, 7) is 3.71. The van der Waals surface area contributed by atoms with Gasteiger partial charge in [0.05, 0.1) is 24.7 Å². The molecule has 7 heteroatoms. The number of nitrogens with zero attached hydrogens (tertiary/aromatic N) is 2. The van der Waals surface area contributed by atoms with Gasteiger partial charge >= 0.3 is 0 Å². The Labute approximate surface area is 159 Å². The van der Waals surface area contributed by atoms with Gasteiger partial charge in [0.15, 0.2) is 0 Å². The molecule has 2 aromatic rings. The lowest BCUT2D eigenvalue weighted by atomic mass is 10.1. The largest absolute Gasteiger partial charge is 0.378 e. The van der Waals surface area contributed by atoms with Crippen LogP contribution in [0.25, 0.3) is 0 Å². The molecule has 2 aliphatic heterocycles. The Morgan fingerprint density at radius 1 is 1.00 bits per heavy atom. The minimum atomic E-state index is -3.42. The molecule has 138 valence electrons. The van der Waals surface area contributed by atoms with Crippen molar-refractivity contribution in [3.8, 4) is 0 Å². The quantitative estimate of drug-likeness (QED) is 0.802. The van der Waals surface area contributed by atoms with E-state index < -0.39 is 10.0 Å². The fraction of sp³-hybridized carbons (Fsp3) is 0.368. The molecule has 5 nitrogen and oxygen atoms in total. The summed E-state index contributed by atoms with van der Waals surface area (Å²) < 4.78 is 32.7. The van der Waals surface area contributed by atoms with Gasteiger partial charge in [-0.25, -0.2) is 8.42 Å². The highest BCUT2D eigenvalue weighted by molar-refractivity contribution is 7.92. The molecule has 0 spiro atoms. The Morgan fingerprint density at radius 3 is 2.46 bits per heavy atom. The summed E-state index contributed by atoms with van der Waals surface area (Å²) in [6.07, 6.45) is 0.743. The van der Waals surface area contributed by atoms with Gasteiger partial charge in [-0.1, -0.05) is 23.7 Å². The van der Waals surface area contributed by atoms with E-state index >= 15 is 0 Å². The minimum absolute atomic E-state index is 0.0190. The zero-order valence-corrected chi connectivity index (χ0v) is 16.0. The second-order valence-electron chi connectivity index (χ2n) is 6.62. The van der Waals surface area contributed by atoms with Gasteiger partial charge in [-0.2, -0.15) is 0 Å². The van der Waals surface area contributed by atoms with Crippen LogP contribution in [0.1, 0.15) is 11.1 Å². The van der Waals surface area contributed by atoms with Crippen LogP contribution in [0.15, 0.2) is 42.5 Å². The third kappa shape index (κ3) is 3.54. The molecule has 4 rings (SSSR count). The van der Waals surface area contributed by atoms with E-state index in [9.17, 15) is 8.42 Å². The number of fused-ring (bicyclic) bond motifs is 1. The molecule has 0 bridgehead atoms. The molecular formula is C19H21ClN2O3S. The Balaban J connectivity index is 1.55. The summed E-state index contributed by atoms with van der Waals surface area (Å²) in [4.78, 5) is 2.29. The molecule has 0 radical (unpaired) electrons. The smallest absolute Gasteiger partial charge is 0.239 e. The number of hydrogen-bond donors (Lipinski definition) is 0. The maximum atomic E-state index is 12.9. The molecule has 0 atom stereocenters. The van der Waals surface area contributed by atoms with E-state index in [4.69, 9.17) is 16.3 Å². The second kappa shape index (κ2) is 7.10. The number of hydrogen-bond acceptors (Lipinski definition) is 4. The van der Waals surface area contributed by atoms with Crippen molar-refractivity contribution >= 4 is 33.0 Å². The van der Waals surface area contributed by atoms with E-state index in [1.165, 1.54) is 0 Å². The molecule has 2 heterocycles. The van der Waals surface area contributed by atoms with Crippen molar-refractivity contribution in [1.29, 1.82) is 0 Å². The van der Waals surface area contributed by atoms with Crippen molar-refractivity contribution in [3.63, 3.8) is 0 Å². The van der Waals surface area contributed by atoms with Gasteiger partial charge in [0.25, 0.3) is 0 Å². The summed E-state index contributed by atoms with van der Waals surface area (Å²) in [5.74, 6) is -0.0190. The fourth-order valence-electron chi connectivity index (χ4n) is 3.53. The highest BCUT2D eigenvalue weighted by Gasteiger charge is 2.30. The van der Waals surface area contributed by atoms with E-state index in [1.54, 1.807) is 28.6 Å². The number of morpholine rings is 1. The van der Waals surface area contributed by atoms with Crippen LogP contribution < -0.4 is 9.21 Å². The molecule has 1 saturated heterocycles. The van der Waals surface area contributed by atoms with Crippen molar-refractivity contribution in [2.24, 2.45) is 0 Å². The van der Waals surface area contributed by atoms with Crippen LogP contribution in [-0.4, -0.2) is 41.3 Å². The SMILES string of the molecule is O=S(=O)(Cc1ccc(Cl)cc1)N1CCc2cc(N3CCOCC3)ccc21. The van der Waals surface area contributed by atoms with Crippen molar-refractivity contribution in [2.45, 2.75) is 12.2 Å². The molecule has 0 unspecified atom stereocenters. The number of benzene rings is 2. The van der Waals surface area contributed by atoms with Gasteiger partial charge in [0.2, 0.25) is 10.0 Å². The monoisotopic (exact) mass is 392 g/mol. The first kappa shape index (κ1) is 17.6. The summed E-state index contributed by atoms with van der Waals surface area (Å²) >= 11 is 5.88. The summed E-state index contributed by atoms with van der Waals surface area (Å²) in [5.41, 5.74) is 3.78. The normalized spacial score (nSPS) is 17.4.